The van der Waals surface area contributed by atoms with E-state index in [0.29, 0.717) is 0 Å². The van der Waals surface area contributed by atoms with Crippen molar-refractivity contribution in [1.82, 2.24) is 0 Å². The van der Waals surface area contributed by atoms with Gasteiger partial charge in [0.05, 0.1) is 17.6 Å². The van der Waals surface area contributed by atoms with E-state index in [0.717, 1.165) is 0 Å². The van der Waals surface area contributed by atoms with Crippen molar-refractivity contribution >= 4 is 21.9 Å². The van der Waals surface area contributed by atoms with Crippen LogP contribution in [0.4, 0.5) is 48.3 Å². The lowest BCUT2D eigenvalue weighted by Crippen LogP contribution is -2.27. The van der Waals surface area contributed by atoms with E-state index in [1.165, 1.54) is 0 Å². The molecule has 17 heteroatoms. The summed E-state index contributed by atoms with van der Waals surface area (Å²) >= 11 is -1.56. The van der Waals surface area contributed by atoms with Gasteiger partial charge in [-0.2, -0.15) is 13.2 Å². The summed E-state index contributed by atoms with van der Waals surface area (Å²) < 4.78 is 162. The molecule has 1 rings (SSSR count). The van der Waals surface area contributed by atoms with Crippen molar-refractivity contribution < 1.29 is 65.9 Å². The smallest absolute Gasteiger partial charge is 0.234 e. The van der Waals surface area contributed by atoms with Gasteiger partial charge in [0, 0.05) is 0 Å². The average molecular weight is 446 g/mol. The largest absolute Gasteiger partial charge is 0.550 e. The first kappa shape index (κ1) is 22.7. The summed E-state index contributed by atoms with van der Waals surface area (Å²) in [7, 11) is -6.91. The molecule has 0 aromatic heterocycles. The van der Waals surface area contributed by atoms with Crippen molar-refractivity contribution in [1.29, 1.82) is 0 Å². The maximum absolute atomic E-state index is 13.6. The van der Waals surface area contributed by atoms with Crippen molar-refractivity contribution in [2.24, 2.45) is 0 Å². The molecule has 0 bridgehead atoms. The van der Waals surface area contributed by atoms with E-state index in [1.807, 2.05) is 0 Å². The molecule has 4 nitrogen and oxygen atoms in total. The van der Waals surface area contributed by atoms with Crippen LogP contribution in [0.15, 0.2) is 33.1 Å². The number of rotatable bonds is 4. The molecule has 0 N–H and O–H groups in total. The maximum Gasteiger partial charge on any atom is 0.550 e. The predicted octanol–water partition coefficient (Wildman–Crippen LogP) is 4.90. The molecule has 0 aromatic carbocycles. The molecule has 1 aliphatic carbocycles. The van der Waals surface area contributed by atoms with Crippen LogP contribution in [0.25, 0.3) is 0 Å². The van der Waals surface area contributed by atoms with Crippen LogP contribution in [0, 0.1) is 0 Å². The van der Waals surface area contributed by atoms with Crippen LogP contribution >= 0.6 is 12.0 Å². The van der Waals surface area contributed by atoms with Crippen LogP contribution in [-0.2, 0) is 19.1 Å². The minimum atomic E-state index is -6.91. The lowest BCUT2D eigenvalue weighted by Gasteiger charge is -2.20. The molecule has 26 heavy (non-hydrogen) atoms. The van der Waals surface area contributed by atoms with Gasteiger partial charge >= 0.3 is 11.9 Å². The highest BCUT2D eigenvalue weighted by Crippen LogP contribution is 2.47. The van der Waals surface area contributed by atoms with Gasteiger partial charge < -0.3 is 0 Å². The lowest BCUT2D eigenvalue weighted by molar-refractivity contribution is -0.439. The zero-order valence-corrected chi connectivity index (χ0v) is 12.8. The molecule has 0 aliphatic heterocycles. The standard InChI is InChI=1S/C9HF11O4S2/c10-2-1(3(11)5(13)6(14)4(2)12)7(25-24-23-8(15,16)17)26(21,22)9(18,19)20/h2H/b7-1+. The number of alkyl halides is 7. The second-order valence-electron chi connectivity index (χ2n) is 3.98. The van der Waals surface area contributed by atoms with Gasteiger partial charge in [-0.25, -0.2) is 30.4 Å². The molecule has 0 heterocycles. The van der Waals surface area contributed by atoms with Crippen LogP contribution in [0.2, 0.25) is 0 Å². The number of allylic oxidation sites excluding steroid dienone is 5. The van der Waals surface area contributed by atoms with Gasteiger partial charge in [0.25, 0.3) is 9.84 Å². The van der Waals surface area contributed by atoms with Crippen molar-refractivity contribution in [2.75, 3.05) is 0 Å². The van der Waals surface area contributed by atoms with Gasteiger partial charge in [-0.05, 0) is 0 Å². The van der Waals surface area contributed by atoms with Crippen LogP contribution in [-0.4, -0.2) is 26.5 Å². The molecule has 0 spiro atoms. The first-order chi connectivity index (χ1) is 11.5. The number of halogens is 11. The van der Waals surface area contributed by atoms with Gasteiger partial charge in [-0.1, -0.05) is 0 Å². The summed E-state index contributed by atoms with van der Waals surface area (Å²) in [6, 6.07) is 0. The van der Waals surface area contributed by atoms with Crippen LogP contribution in [0.5, 0.6) is 0 Å². The highest BCUT2D eigenvalue weighted by Gasteiger charge is 2.53. The summed E-state index contributed by atoms with van der Waals surface area (Å²) in [5, 5.41) is 0. The summed E-state index contributed by atoms with van der Waals surface area (Å²) in [4.78, 5) is 2.47. The molecule has 0 aromatic rings. The number of hydrogen-bond donors (Lipinski definition) is 0. The first-order valence-electron chi connectivity index (χ1n) is 5.42. The van der Waals surface area contributed by atoms with Crippen molar-refractivity contribution in [3.8, 4) is 0 Å². The molecule has 0 fully saturated rings. The van der Waals surface area contributed by atoms with Gasteiger partial charge in [0.1, 0.15) is 4.24 Å². The molecule has 1 aliphatic rings. The van der Waals surface area contributed by atoms with Gasteiger partial charge in [0.15, 0.2) is 29.5 Å². The van der Waals surface area contributed by atoms with E-state index in [-0.39, 0.29) is 0 Å². The summed E-state index contributed by atoms with van der Waals surface area (Å²) in [5.74, 6) is -11.5. The normalized spacial score (nSPS) is 22.2. The molecule has 150 valence electrons. The fourth-order valence-corrected chi connectivity index (χ4v) is 3.16. The van der Waals surface area contributed by atoms with E-state index in [4.69, 9.17) is 0 Å². The second-order valence-corrected chi connectivity index (χ2v) is 6.83. The highest BCUT2D eigenvalue weighted by molar-refractivity contribution is 8.16. The van der Waals surface area contributed by atoms with Gasteiger partial charge in [-0.3, -0.25) is 0 Å². The van der Waals surface area contributed by atoms with Gasteiger partial charge in [0.2, 0.25) is 0 Å². The SMILES string of the molecule is O=S(=O)(/C(SOOC(F)(F)F)=C1/C(F)=C(F)C(F)=C(F)C1F)C(F)(F)F. The van der Waals surface area contributed by atoms with Crippen molar-refractivity contribution in [3.05, 3.63) is 33.1 Å². The third-order valence-corrected chi connectivity index (χ3v) is 5.00. The van der Waals surface area contributed by atoms with Crippen LogP contribution in [0.3, 0.4) is 0 Å². The Morgan fingerprint density at radius 1 is 0.923 bits per heavy atom. The average Bonchev–Trinajstić information content (AvgIpc) is 2.47. The Morgan fingerprint density at radius 3 is 1.85 bits per heavy atom. The molecular formula is C9HF11O4S2. The van der Waals surface area contributed by atoms with Crippen molar-refractivity contribution in [2.45, 2.75) is 18.0 Å². The van der Waals surface area contributed by atoms with Gasteiger partial charge in [-0.15, -0.1) is 22.4 Å². The zero-order chi connectivity index (χ0) is 20.7. The summed E-state index contributed by atoms with van der Waals surface area (Å²) in [5.41, 5.74) is -8.99. The Bertz CT molecular complexity index is 774. The zero-order valence-electron chi connectivity index (χ0n) is 11.2. The van der Waals surface area contributed by atoms with Crippen molar-refractivity contribution in [3.63, 3.8) is 0 Å². The monoisotopic (exact) mass is 446 g/mol. The quantitative estimate of drug-likeness (QED) is 0.266. The van der Waals surface area contributed by atoms with E-state index in [1.54, 1.807) is 0 Å². The van der Waals surface area contributed by atoms with Crippen LogP contribution < -0.4 is 0 Å². The minimum absolute atomic E-state index is 1.56. The molecule has 0 radical (unpaired) electrons. The Hall–Kier alpha value is -1.33. The lowest BCUT2D eigenvalue weighted by atomic mass is 10.0. The van der Waals surface area contributed by atoms with Crippen LogP contribution in [0.1, 0.15) is 0 Å². The fraction of sp³-hybridized carbons (Fsp3) is 0.333. The Morgan fingerprint density at radius 2 is 1.42 bits per heavy atom. The Labute approximate surface area is 140 Å². The fourth-order valence-electron chi connectivity index (χ4n) is 1.29. The van der Waals surface area contributed by atoms with E-state index >= 15 is 0 Å². The summed E-state index contributed by atoms with van der Waals surface area (Å²) in [6.45, 7) is 0. The maximum atomic E-state index is 13.6. The first-order valence-corrected chi connectivity index (χ1v) is 7.64. The summed E-state index contributed by atoms with van der Waals surface area (Å²) in [6.07, 6.45) is -9.65. The molecule has 0 amide bonds. The topological polar surface area (TPSA) is 52.6 Å². The number of sulfone groups is 1. The molecular weight excluding hydrogens is 445 g/mol. The second kappa shape index (κ2) is 7.35. The third-order valence-electron chi connectivity index (χ3n) is 2.31. The number of hydrogen-bond acceptors (Lipinski definition) is 5. The third kappa shape index (κ3) is 4.49. The molecule has 0 saturated heterocycles. The highest BCUT2D eigenvalue weighted by atomic mass is 32.3. The molecule has 1 atom stereocenters. The van der Waals surface area contributed by atoms with E-state index < -0.39 is 73.0 Å². The van der Waals surface area contributed by atoms with E-state index in [9.17, 15) is 56.7 Å². The Kier molecular flexibility index (Phi) is 6.42. The predicted molar refractivity (Wildman–Crippen MR) is 61.2 cm³/mol. The van der Waals surface area contributed by atoms with E-state index in [2.05, 4.69) is 9.22 Å². The molecule has 1 unspecified atom stereocenters. The minimum Gasteiger partial charge on any atom is -0.234 e. The molecule has 0 saturated carbocycles. The Balaban J connectivity index is 3.62.